The van der Waals surface area contributed by atoms with E-state index < -0.39 is 0 Å². The van der Waals surface area contributed by atoms with Crippen molar-refractivity contribution in [2.45, 2.75) is 13.2 Å². The van der Waals surface area contributed by atoms with Gasteiger partial charge < -0.3 is 24.2 Å². The Hall–Kier alpha value is -3.06. The van der Waals surface area contributed by atoms with Crippen LogP contribution in [0.5, 0.6) is 5.75 Å². The minimum atomic E-state index is -0.187. The van der Waals surface area contributed by atoms with Crippen molar-refractivity contribution in [2.75, 3.05) is 38.2 Å². The predicted octanol–water partition coefficient (Wildman–Crippen LogP) is 1.89. The first-order valence-electron chi connectivity index (χ1n) is 9.41. The van der Waals surface area contributed by atoms with Crippen molar-refractivity contribution in [3.05, 3.63) is 54.4 Å². The maximum Gasteiger partial charge on any atom is 0.242 e. The van der Waals surface area contributed by atoms with E-state index in [4.69, 9.17) is 4.74 Å². The van der Waals surface area contributed by atoms with E-state index in [2.05, 4.69) is 9.88 Å². The number of aliphatic hydroxyl groups is 1. The minimum Gasteiger partial charge on any atom is -0.497 e. The third-order valence-electron chi connectivity index (χ3n) is 5.24. The molecule has 0 unspecified atom stereocenters. The molecule has 2 aromatic carbocycles. The van der Waals surface area contributed by atoms with Crippen LogP contribution >= 0.6 is 0 Å². The number of piperazine rings is 1. The van der Waals surface area contributed by atoms with Gasteiger partial charge in [0, 0.05) is 31.9 Å². The van der Waals surface area contributed by atoms with Gasteiger partial charge in [-0.15, -0.1) is 0 Å². The monoisotopic (exact) mass is 380 g/mol. The van der Waals surface area contributed by atoms with Crippen molar-refractivity contribution in [1.29, 1.82) is 0 Å². The first-order valence-corrected chi connectivity index (χ1v) is 9.41. The Morgan fingerprint density at radius 3 is 2.46 bits per heavy atom. The van der Waals surface area contributed by atoms with Crippen LogP contribution in [0.15, 0.2) is 48.5 Å². The van der Waals surface area contributed by atoms with Gasteiger partial charge in [0.2, 0.25) is 5.91 Å². The second-order valence-corrected chi connectivity index (χ2v) is 6.83. The lowest BCUT2D eigenvalue weighted by Crippen LogP contribution is -2.49. The minimum absolute atomic E-state index is 0.0484. The summed E-state index contributed by atoms with van der Waals surface area (Å²) in [5, 5.41) is 9.62. The number of fused-ring (bicyclic) bond motifs is 1. The highest BCUT2D eigenvalue weighted by atomic mass is 16.5. The van der Waals surface area contributed by atoms with Crippen molar-refractivity contribution in [2.24, 2.45) is 0 Å². The van der Waals surface area contributed by atoms with Crippen LogP contribution < -0.4 is 9.64 Å². The van der Waals surface area contributed by atoms with Gasteiger partial charge in [-0.25, -0.2) is 4.98 Å². The number of imidazole rings is 1. The molecule has 0 spiro atoms. The number of amides is 1. The maximum atomic E-state index is 12.9. The number of aliphatic hydroxyl groups excluding tert-OH is 1. The summed E-state index contributed by atoms with van der Waals surface area (Å²) in [4.78, 5) is 21.4. The van der Waals surface area contributed by atoms with E-state index in [1.807, 2.05) is 58.0 Å². The molecule has 0 aliphatic carbocycles. The average Bonchev–Trinajstić information content (AvgIpc) is 3.11. The summed E-state index contributed by atoms with van der Waals surface area (Å²) in [7, 11) is 1.66. The molecule has 1 aliphatic rings. The lowest BCUT2D eigenvalue weighted by molar-refractivity contribution is -0.132. The SMILES string of the molecule is COc1ccc(N2CCN(C(=O)Cn3c(CO)nc4ccccc43)CC2)cc1. The van der Waals surface area contributed by atoms with Crippen molar-refractivity contribution in [1.82, 2.24) is 14.5 Å². The fourth-order valence-electron chi connectivity index (χ4n) is 3.66. The van der Waals surface area contributed by atoms with Crippen LogP contribution in [0.2, 0.25) is 0 Å². The number of carbonyl (C=O) groups is 1. The molecule has 0 saturated carbocycles. The zero-order valence-corrected chi connectivity index (χ0v) is 15.9. The molecule has 0 bridgehead atoms. The molecular formula is C21H24N4O3. The Morgan fingerprint density at radius 2 is 1.79 bits per heavy atom. The molecule has 3 aromatic rings. The van der Waals surface area contributed by atoms with Gasteiger partial charge in [0.25, 0.3) is 0 Å². The molecule has 2 heterocycles. The zero-order valence-electron chi connectivity index (χ0n) is 15.9. The average molecular weight is 380 g/mol. The quantitative estimate of drug-likeness (QED) is 0.732. The van der Waals surface area contributed by atoms with E-state index in [0.717, 1.165) is 35.6 Å². The lowest BCUT2D eigenvalue weighted by atomic mass is 10.2. The number of nitrogens with zero attached hydrogens (tertiary/aromatic N) is 4. The number of rotatable bonds is 5. The lowest BCUT2D eigenvalue weighted by Gasteiger charge is -2.36. The highest BCUT2D eigenvalue weighted by Crippen LogP contribution is 2.21. The van der Waals surface area contributed by atoms with Crippen LogP contribution in [0.4, 0.5) is 5.69 Å². The molecule has 1 aromatic heterocycles. The summed E-state index contributed by atoms with van der Waals surface area (Å²) in [5.74, 6) is 1.41. The maximum absolute atomic E-state index is 12.9. The molecular weight excluding hydrogens is 356 g/mol. The smallest absolute Gasteiger partial charge is 0.242 e. The molecule has 7 heteroatoms. The summed E-state index contributed by atoms with van der Waals surface area (Å²) < 4.78 is 7.02. The zero-order chi connectivity index (χ0) is 19.5. The molecule has 28 heavy (non-hydrogen) atoms. The van der Waals surface area contributed by atoms with Gasteiger partial charge >= 0.3 is 0 Å². The first kappa shape index (κ1) is 18.3. The van der Waals surface area contributed by atoms with Crippen LogP contribution in [0.25, 0.3) is 11.0 Å². The Labute approximate surface area is 163 Å². The standard InChI is InChI=1S/C21H24N4O3/c1-28-17-8-6-16(7-9-17)23-10-12-24(13-11-23)21(27)14-25-19-5-3-2-4-18(19)22-20(25)15-26/h2-9,26H,10-15H2,1H3. The largest absolute Gasteiger partial charge is 0.497 e. The third-order valence-corrected chi connectivity index (χ3v) is 5.24. The number of methoxy groups -OCH3 is 1. The van der Waals surface area contributed by atoms with Crippen molar-refractivity contribution < 1.29 is 14.6 Å². The van der Waals surface area contributed by atoms with E-state index in [9.17, 15) is 9.90 Å². The normalized spacial score (nSPS) is 14.5. The van der Waals surface area contributed by atoms with Crippen molar-refractivity contribution >= 4 is 22.6 Å². The van der Waals surface area contributed by atoms with Crippen LogP contribution in [-0.2, 0) is 17.9 Å². The fourth-order valence-corrected chi connectivity index (χ4v) is 3.66. The number of hydrogen-bond acceptors (Lipinski definition) is 5. The molecule has 1 fully saturated rings. The summed E-state index contributed by atoms with van der Waals surface area (Å²) in [6.45, 7) is 2.93. The first-order chi connectivity index (χ1) is 13.7. The summed E-state index contributed by atoms with van der Waals surface area (Å²) >= 11 is 0. The van der Waals surface area contributed by atoms with Crippen LogP contribution in [0.1, 0.15) is 5.82 Å². The Kier molecular flexibility index (Phi) is 5.16. The van der Waals surface area contributed by atoms with Gasteiger partial charge in [0.1, 0.15) is 24.7 Å². The molecule has 146 valence electrons. The molecule has 1 aliphatic heterocycles. The molecule has 1 amide bonds. The third kappa shape index (κ3) is 3.53. The second kappa shape index (κ2) is 7.90. The van der Waals surface area contributed by atoms with Gasteiger partial charge in [-0.1, -0.05) is 12.1 Å². The molecule has 1 N–H and O–H groups in total. The molecule has 0 atom stereocenters. The number of benzene rings is 2. The highest BCUT2D eigenvalue weighted by Gasteiger charge is 2.23. The Bertz CT molecular complexity index is 959. The van der Waals surface area contributed by atoms with E-state index in [-0.39, 0.29) is 19.1 Å². The van der Waals surface area contributed by atoms with Crippen LogP contribution in [0.3, 0.4) is 0 Å². The topological polar surface area (TPSA) is 70.8 Å². The Morgan fingerprint density at radius 1 is 1.07 bits per heavy atom. The number of anilines is 1. The van der Waals surface area contributed by atoms with E-state index in [1.165, 1.54) is 0 Å². The highest BCUT2D eigenvalue weighted by molar-refractivity contribution is 5.81. The van der Waals surface area contributed by atoms with E-state index in [1.54, 1.807) is 7.11 Å². The van der Waals surface area contributed by atoms with Gasteiger partial charge in [-0.2, -0.15) is 0 Å². The molecule has 0 radical (unpaired) electrons. The molecule has 7 nitrogen and oxygen atoms in total. The number of ether oxygens (including phenoxy) is 1. The number of para-hydroxylation sites is 2. The second-order valence-electron chi connectivity index (χ2n) is 6.83. The summed E-state index contributed by atoms with van der Waals surface area (Å²) in [5.41, 5.74) is 2.80. The molecule has 4 rings (SSSR count). The van der Waals surface area contributed by atoms with Gasteiger partial charge in [0.05, 0.1) is 18.1 Å². The summed E-state index contributed by atoms with van der Waals surface area (Å²) in [6.07, 6.45) is 0. The van der Waals surface area contributed by atoms with Gasteiger partial charge in [0.15, 0.2) is 0 Å². The number of carbonyl (C=O) groups excluding carboxylic acids is 1. The van der Waals surface area contributed by atoms with Crippen LogP contribution in [0, 0.1) is 0 Å². The van der Waals surface area contributed by atoms with Gasteiger partial charge in [-0.05, 0) is 36.4 Å². The molecule has 1 saturated heterocycles. The van der Waals surface area contributed by atoms with Crippen molar-refractivity contribution in [3.8, 4) is 5.75 Å². The predicted molar refractivity (Wildman–Crippen MR) is 107 cm³/mol. The number of hydrogen-bond donors (Lipinski definition) is 1. The van der Waals surface area contributed by atoms with E-state index >= 15 is 0 Å². The fraction of sp³-hybridized carbons (Fsp3) is 0.333. The van der Waals surface area contributed by atoms with E-state index in [0.29, 0.717) is 18.9 Å². The van der Waals surface area contributed by atoms with Crippen molar-refractivity contribution in [3.63, 3.8) is 0 Å². The number of aromatic nitrogens is 2. The van der Waals surface area contributed by atoms with Crippen LogP contribution in [-0.4, -0.2) is 58.8 Å². The Balaban J connectivity index is 1.42. The summed E-state index contributed by atoms with van der Waals surface area (Å²) in [6, 6.07) is 15.6. The van der Waals surface area contributed by atoms with Gasteiger partial charge in [-0.3, -0.25) is 4.79 Å².